The molecule has 118 valence electrons. The van der Waals surface area contributed by atoms with Crippen molar-refractivity contribution in [1.29, 1.82) is 0 Å². The van der Waals surface area contributed by atoms with Crippen molar-refractivity contribution in [1.82, 2.24) is 0 Å². The minimum Gasteiger partial charge on any atom is -0.462 e. The molecule has 0 unspecified atom stereocenters. The molecule has 0 aromatic carbocycles. The number of hydrogen-bond acceptors (Lipinski definition) is 4. The Bertz CT molecular complexity index is 452. The van der Waals surface area contributed by atoms with E-state index in [9.17, 15) is 9.59 Å². The Kier molecular flexibility index (Phi) is 4.73. The van der Waals surface area contributed by atoms with Crippen molar-refractivity contribution < 1.29 is 18.8 Å². The van der Waals surface area contributed by atoms with Gasteiger partial charge in [-0.3, -0.25) is 9.59 Å². The van der Waals surface area contributed by atoms with Crippen LogP contribution in [0.15, 0.2) is 12.2 Å². The Morgan fingerprint density at radius 1 is 1.33 bits per heavy atom. The first-order valence-electron chi connectivity index (χ1n) is 7.75. The van der Waals surface area contributed by atoms with E-state index in [4.69, 9.17) is 9.16 Å². The largest absolute Gasteiger partial charge is 0.462 e. The van der Waals surface area contributed by atoms with E-state index in [0.717, 1.165) is 0 Å². The van der Waals surface area contributed by atoms with Crippen molar-refractivity contribution in [2.45, 2.75) is 70.4 Å². The maximum atomic E-state index is 11.9. The maximum absolute atomic E-state index is 11.9. The second-order valence-electron chi connectivity index (χ2n) is 7.44. The molecule has 1 aliphatic carbocycles. The molecule has 5 heteroatoms. The Labute approximate surface area is 128 Å². The molecule has 0 aromatic heterocycles. The quantitative estimate of drug-likeness (QED) is 0.446. The molecule has 0 bridgehead atoms. The first-order valence-corrected chi connectivity index (χ1v) is 11.2. The molecule has 1 fully saturated rings. The first-order chi connectivity index (χ1) is 9.67. The molecule has 1 saturated heterocycles. The minimum atomic E-state index is -1.74. The molecule has 3 atom stereocenters. The SMILES string of the molecule is C[C@]1(O[Si](C)(C)C)CCC(=O)C/C=C\[C@@H]2CC(=O)O[C@@H]2C1. The lowest BCUT2D eigenvalue weighted by molar-refractivity contribution is -0.143. The van der Waals surface area contributed by atoms with Gasteiger partial charge in [0.15, 0.2) is 8.32 Å². The zero-order valence-corrected chi connectivity index (χ0v) is 14.5. The van der Waals surface area contributed by atoms with Crippen molar-refractivity contribution in [3.63, 3.8) is 0 Å². The van der Waals surface area contributed by atoms with Crippen LogP contribution >= 0.6 is 0 Å². The van der Waals surface area contributed by atoms with E-state index in [2.05, 4.69) is 26.6 Å². The number of fused-ring (bicyclic) bond motifs is 1. The lowest BCUT2D eigenvalue weighted by Crippen LogP contribution is -2.44. The van der Waals surface area contributed by atoms with E-state index >= 15 is 0 Å². The molecule has 2 aliphatic rings. The summed E-state index contributed by atoms with van der Waals surface area (Å²) in [7, 11) is -1.74. The van der Waals surface area contributed by atoms with Crippen LogP contribution in [0.4, 0.5) is 0 Å². The highest BCUT2D eigenvalue weighted by molar-refractivity contribution is 6.69. The van der Waals surface area contributed by atoms with Crippen molar-refractivity contribution in [2.75, 3.05) is 0 Å². The molecule has 1 heterocycles. The Hall–Kier alpha value is -0.943. The van der Waals surface area contributed by atoms with Gasteiger partial charge in [0.25, 0.3) is 0 Å². The number of esters is 1. The van der Waals surface area contributed by atoms with Gasteiger partial charge in [-0.25, -0.2) is 0 Å². The topological polar surface area (TPSA) is 52.6 Å². The summed E-state index contributed by atoms with van der Waals surface area (Å²) < 4.78 is 11.9. The summed E-state index contributed by atoms with van der Waals surface area (Å²) in [5.41, 5.74) is -0.390. The van der Waals surface area contributed by atoms with Crippen molar-refractivity contribution in [2.24, 2.45) is 5.92 Å². The predicted molar refractivity (Wildman–Crippen MR) is 83.4 cm³/mol. The molecule has 0 N–H and O–H groups in total. The lowest BCUT2D eigenvalue weighted by Gasteiger charge is -2.38. The lowest BCUT2D eigenvalue weighted by atomic mass is 9.85. The zero-order chi connectivity index (χ0) is 15.7. The summed E-state index contributed by atoms with van der Waals surface area (Å²) in [6.07, 6.45) is 6.51. The third kappa shape index (κ3) is 4.78. The average molecular weight is 310 g/mol. The molecular formula is C16H26O4Si. The van der Waals surface area contributed by atoms with E-state index in [0.29, 0.717) is 32.1 Å². The van der Waals surface area contributed by atoms with Gasteiger partial charge in [-0.15, -0.1) is 0 Å². The highest BCUT2D eigenvalue weighted by atomic mass is 28.4. The Morgan fingerprint density at radius 3 is 2.71 bits per heavy atom. The standard InChI is InChI=1S/C16H26O4Si/c1-16(20-21(2,3)4)9-8-13(17)7-5-6-12-10-15(18)19-14(12)11-16/h5-6,12,14H,7-11H2,1-4H3/b6-5-/t12-,14-,16+/m1/s1. The molecule has 4 nitrogen and oxygen atoms in total. The molecule has 21 heavy (non-hydrogen) atoms. The monoisotopic (exact) mass is 310 g/mol. The first kappa shape index (κ1) is 16.4. The summed E-state index contributed by atoms with van der Waals surface area (Å²) in [6, 6.07) is 0. The van der Waals surface area contributed by atoms with Crippen molar-refractivity contribution >= 4 is 20.1 Å². The van der Waals surface area contributed by atoms with Crippen LogP contribution in [-0.2, 0) is 18.8 Å². The number of allylic oxidation sites excluding steroid dienone is 1. The number of hydrogen-bond donors (Lipinski definition) is 0. The van der Waals surface area contributed by atoms with Gasteiger partial charge >= 0.3 is 5.97 Å². The third-order valence-corrected chi connectivity index (χ3v) is 5.11. The van der Waals surface area contributed by atoms with Gasteiger partial charge in [-0.1, -0.05) is 12.2 Å². The summed E-state index contributed by atoms with van der Waals surface area (Å²) in [5.74, 6) is 0.170. The van der Waals surface area contributed by atoms with E-state index in [-0.39, 0.29) is 23.8 Å². The maximum Gasteiger partial charge on any atom is 0.306 e. The second-order valence-corrected chi connectivity index (χ2v) is 11.9. The molecule has 0 aromatic rings. The molecule has 0 radical (unpaired) electrons. The molecule has 0 spiro atoms. The van der Waals surface area contributed by atoms with Crippen LogP contribution in [-0.4, -0.2) is 31.8 Å². The minimum absolute atomic E-state index is 0.0768. The number of Topliss-reactive ketones (excluding diaryl/α,β-unsaturated/α-hetero) is 1. The van der Waals surface area contributed by atoms with Crippen LogP contribution in [0.3, 0.4) is 0 Å². The molecule has 1 aliphatic heterocycles. The summed E-state index contributed by atoms with van der Waals surface area (Å²) >= 11 is 0. The van der Waals surface area contributed by atoms with Gasteiger partial charge in [-0.2, -0.15) is 0 Å². The van der Waals surface area contributed by atoms with Gasteiger partial charge in [0.05, 0.1) is 12.0 Å². The molecular weight excluding hydrogens is 284 g/mol. The van der Waals surface area contributed by atoms with Gasteiger partial charge in [-0.05, 0) is 33.0 Å². The van der Waals surface area contributed by atoms with E-state index in [1.165, 1.54) is 0 Å². The van der Waals surface area contributed by atoms with E-state index < -0.39 is 13.9 Å². The Morgan fingerprint density at radius 2 is 2.05 bits per heavy atom. The second kappa shape index (κ2) is 6.05. The summed E-state index contributed by atoms with van der Waals surface area (Å²) in [4.78, 5) is 23.5. The summed E-state index contributed by atoms with van der Waals surface area (Å²) in [6.45, 7) is 8.51. The van der Waals surface area contributed by atoms with Gasteiger partial charge < -0.3 is 9.16 Å². The molecule has 0 saturated carbocycles. The van der Waals surface area contributed by atoms with Crippen LogP contribution in [0, 0.1) is 5.92 Å². The zero-order valence-electron chi connectivity index (χ0n) is 13.5. The average Bonchev–Trinajstić information content (AvgIpc) is 2.64. The Balaban J connectivity index is 2.22. The highest BCUT2D eigenvalue weighted by Crippen LogP contribution is 2.36. The fraction of sp³-hybridized carbons (Fsp3) is 0.750. The highest BCUT2D eigenvalue weighted by Gasteiger charge is 2.41. The fourth-order valence-corrected chi connectivity index (χ4v) is 4.92. The number of carbonyl (C=O) groups is 2. The van der Waals surface area contributed by atoms with Crippen LogP contribution in [0.25, 0.3) is 0 Å². The molecule has 2 rings (SSSR count). The van der Waals surface area contributed by atoms with Crippen LogP contribution < -0.4 is 0 Å². The number of ketones is 1. The van der Waals surface area contributed by atoms with Gasteiger partial charge in [0.2, 0.25) is 0 Å². The number of rotatable bonds is 2. The normalized spacial score (nSPS) is 36.0. The smallest absolute Gasteiger partial charge is 0.306 e. The van der Waals surface area contributed by atoms with Crippen LogP contribution in [0.1, 0.15) is 39.0 Å². The van der Waals surface area contributed by atoms with Gasteiger partial charge in [0, 0.05) is 25.2 Å². The van der Waals surface area contributed by atoms with Gasteiger partial charge in [0.1, 0.15) is 11.9 Å². The van der Waals surface area contributed by atoms with Crippen LogP contribution in [0.2, 0.25) is 19.6 Å². The third-order valence-electron chi connectivity index (χ3n) is 4.01. The molecule has 0 amide bonds. The van der Waals surface area contributed by atoms with E-state index in [1.54, 1.807) is 0 Å². The summed E-state index contributed by atoms with van der Waals surface area (Å²) in [5, 5.41) is 0. The van der Waals surface area contributed by atoms with Crippen molar-refractivity contribution in [3.8, 4) is 0 Å². The van der Waals surface area contributed by atoms with E-state index in [1.807, 2.05) is 12.2 Å². The fourth-order valence-electron chi connectivity index (χ4n) is 3.25. The number of carbonyl (C=O) groups excluding carboxylic acids is 2. The number of ether oxygens (including phenoxy) is 1. The van der Waals surface area contributed by atoms with Crippen LogP contribution in [0.5, 0.6) is 0 Å². The predicted octanol–water partition coefficient (Wildman–Crippen LogP) is 3.23. The van der Waals surface area contributed by atoms with Crippen molar-refractivity contribution in [3.05, 3.63) is 12.2 Å².